The van der Waals surface area contributed by atoms with E-state index in [1.54, 1.807) is 0 Å². The number of hydrogen-bond donors (Lipinski definition) is 0. The van der Waals surface area contributed by atoms with Crippen molar-refractivity contribution in [2.75, 3.05) is 0 Å². The van der Waals surface area contributed by atoms with Gasteiger partial charge in [0.25, 0.3) is 0 Å². The molecule has 0 amide bonds. The zero-order valence-electron chi connectivity index (χ0n) is 10.5. The van der Waals surface area contributed by atoms with Gasteiger partial charge >= 0.3 is 0 Å². The Morgan fingerprint density at radius 3 is 2.95 bits per heavy atom. The Morgan fingerprint density at radius 1 is 1.11 bits per heavy atom. The van der Waals surface area contributed by atoms with Crippen LogP contribution in [-0.2, 0) is 0 Å². The lowest BCUT2D eigenvalue weighted by atomic mass is 9.94. The average Bonchev–Trinajstić information content (AvgIpc) is 2.86. The van der Waals surface area contributed by atoms with Crippen molar-refractivity contribution in [2.45, 2.75) is 25.2 Å². The molecule has 1 aromatic carbocycles. The molecule has 94 valence electrons. The van der Waals surface area contributed by atoms with Crippen LogP contribution in [0.15, 0.2) is 47.0 Å². The normalized spacial score (nSPS) is 19.3. The van der Waals surface area contributed by atoms with Crippen LogP contribution in [0.3, 0.4) is 0 Å². The average molecular weight is 250 g/mol. The van der Waals surface area contributed by atoms with Crippen LogP contribution in [0.4, 0.5) is 0 Å². The Labute approximate surface area is 111 Å². The molecule has 1 aliphatic rings. The van der Waals surface area contributed by atoms with Crippen LogP contribution in [0, 0.1) is 0 Å². The first-order chi connectivity index (χ1) is 9.42. The molecular weight excluding hydrogens is 236 g/mol. The van der Waals surface area contributed by atoms with E-state index in [1.165, 1.54) is 0 Å². The van der Waals surface area contributed by atoms with E-state index in [2.05, 4.69) is 23.2 Å². The van der Waals surface area contributed by atoms with E-state index in [1.807, 2.05) is 24.4 Å². The number of rotatable bonds is 1. The summed E-state index contributed by atoms with van der Waals surface area (Å²) in [7, 11) is 0. The van der Waals surface area contributed by atoms with E-state index in [0.29, 0.717) is 5.92 Å². The summed E-state index contributed by atoms with van der Waals surface area (Å²) in [6, 6.07) is 8.02. The monoisotopic (exact) mass is 250 g/mol. The molecule has 3 heteroatoms. The van der Waals surface area contributed by atoms with Crippen molar-refractivity contribution in [2.24, 2.45) is 0 Å². The van der Waals surface area contributed by atoms with E-state index in [0.717, 1.165) is 47.2 Å². The standard InChI is InChI=1S/C16H14N2O/c1-2-6-11(7-3-1)16-17-10-14-15(18-16)12-8-4-5-9-13(12)19-14/h1-2,4-5,8-11H,3,6-7H2. The summed E-state index contributed by atoms with van der Waals surface area (Å²) >= 11 is 0. The highest BCUT2D eigenvalue weighted by atomic mass is 16.3. The molecule has 0 saturated heterocycles. The first kappa shape index (κ1) is 10.7. The molecule has 1 aliphatic carbocycles. The van der Waals surface area contributed by atoms with Crippen molar-refractivity contribution >= 4 is 22.1 Å². The molecule has 2 heterocycles. The molecule has 3 aromatic rings. The van der Waals surface area contributed by atoms with Crippen molar-refractivity contribution in [3.63, 3.8) is 0 Å². The van der Waals surface area contributed by atoms with E-state index in [9.17, 15) is 0 Å². The second-order valence-corrected chi connectivity index (χ2v) is 5.02. The number of nitrogens with zero attached hydrogens (tertiary/aromatic N) is 2. The van der Waals surface area contributed by atoms with Gasteiger partial charge in [0.1, 0.15) is 16.9 Å². The lowest BCUT2D eigenvalue weighted by Crippen LogP contribution is -2.05. The molecule has 2 aromatic heterocycles. The lowest BCUT2D eigenvalue weighted by Gasteiger charge is -2.15. The third kappa shape index (κ3) is 1.73. The van der Waals surface area contributed by atoms with Crippen LogP contribution in [0.25, 0.3) is 22.1 Å². The molecule has 0 aliphatic heterocycles. The van der Waals surface area contributed by atoms with Gasteiger partial charge in [-0.15, -0.1) is 0 Å². The van der Waals surface area contributed by atoms with Crippen LogP contribution in [0.2, 0.25) is 0 Å². The number of fused-ring (bicyclic) bond motifs is 3. The molecule has 1 atom stereocenters. The molecule has 3 nitrogen and oxygen atoms in total. The van der Waals surface area contributed by atoms with Gasteiger partial charge in [-0.25, -0.2) is 9.97 Å². The van der Waals surface area contributed by atoms with E-state index in [-0.39, 0.29) is 0 Å². The Kier molecular flexibility index (Phi) is 2.37. The molecule has 0 saturated carbocycles. The first-order valence-electron chi connectivity index (χ1n) is 6.71. The number of benzene rings is 1. The zero-order valence-corrected chi connectivity index (χ0v) is 10.5. The largest absolute Gasteiger partial charge is 0.453 e. The lowest BCUT2D eigenvalue weighted by molar-refractivity contribution is 0.582. The Balaban J connectivity index is 1.89. The van der Waals surface area contributed by atoms with E-state index < -0.39 is 0 Å². The summed E-state index contributed by atoms with van der Waals surface area (Å²) < 4.78 is 5.76. The number of furan rings is 1. The predicted octanol–water partition coefficient (Wildman–Crippen LogP) is 4.20. The van der Waals surface area contributed by atoms with Crippen LogP contribution < -0.4 is 0 Å². The zero-order chi connectivity index (χ0) is 12.7. The maximum Gasteiger partial charge on any atom is 0.172 e. The van der Waals surface area contributed by atoms with E-state index in [4.69, 9.17) is 9.40 Å². The molecule has 0 spiro atoms. The van der Waals surface area contributed by atoms with Gasteiger partial charge in [0, 0.05) is 11.3 Å². The fourth-order valence-electron chi connectivity index (χ4n) is 2.75. The molecular formula is C16H14N2O. The van der Waals surface area contributed by atoms with Gasteiger partial charge < -0.3 is 4.42 Å². The van der Waals surface area contributed by atoms with Gasteiger partial charge in [-0.05, 0) is 31.4 Å². The van der Waals surface area contributed by atoms with Gasteiger partial charge in [-0.3, -0.25) is 0 Å². The Morgan fingerprint density at radius 2 is 2.05 bits per heavy atom. The quantitative estimate of drug-likeness (QED) is 0.607. The highest BCUT2D eigenvalue weighted by Gasteiger charge is 2.17. The molecule has 0 fully saturated rings. The fourth-order valence-corrected chi connectivity index (χ4v) is 2.75. The second-order valence-electron chi connectivity index (χ2n) is 5.02. The summed E-state index contributed by atoms with van der Waals surface area (Å²) in [6.07, 6.45) is 9.59. The summed E-state index contributed by atoms with van der Waals surface area (Å²) in [4.78, 5) is 9.24. The predicted molar refractivity (Wildman–Crippen MR) is 75.0 cm³/mol. The molecule has 19 heavy (non-hydrogen) atoms. The Bertz CT molecular complexity index is 773. The Hall–Kier alpha value is -2.16. The van der Waals surface area contributed by atoms with Crippen LogP contribution >= 0.6 is 0 Å². The van der Waals surface area contributed by atoms with Crippen molar-refractivity contribution in [3.05, 3.63) is 48.4 Å². The third-order valence-corrected chi connectivity index (χ3v) is 3.77. The maximum atomic E-state index is 5.76. The van der Waals surface area contributed by atoms with Crippen molar-refractivity contribution < 1.29 is 4.42 Å². The number of para-hydroxylation sites is 1. The summed E-state index contributed by atoms with van der Waals surface area (Å²) in [5, 5.41) is 1.08. The maximum absolute atomic E-state index is 5.76. The molecule has 1 unspecified atom stereocenters. The van der Waals surface area contributed by atoms with Gasteiger partial charge in [0.05, 0.1) is 6.20 Å². The minimum atomic E-state index is 0.447. The van der Waals surface area contributed by atoms with Gasteiger partial charge in [-0.1, -0.05) is 24.3 Å². The highest BCUT2D eigenvalue weighted by Crippen LogP contribution is 2.30. The summed E-state index contributed by atoms with van der Waals surface area (Å²) in [5.41, 5.74) is 2.60. The van der Waals surface area contributed by atoms with Gasteiger partial charge in [0.15, 0.2) is 5.58 Å². The number of hydrogen-bond acceptors (Lipinski definition) is 3. The fraction of sp³-hybridized carbons (Fsp3) is 0.250. The first-order valence-corrected chi connectivity index (χ1v) is 6.71. The number of allylic oxidation sites excluding steroid dienone is 2. The van der Waals surface area contributed by atoms with Crippen LogP contribution in [-0.4, -0.2) is 9.97 Å². The summed E-state index contributed by atoms with van der Waals surface area (Å²) in [6.45, 7) is 0. The third-order valence-electron chi connectivity index (χ3n) is 3.77. The van der Waals surface area contributed by atoms with E-state index >= 15 is 0 Å². The molecule has 4 rings (SSSR count). The minimum absolute atomic E-state index is 0.447. The number of aromatic nitrogens is 2. The van der Waals surface area contributed by atoms with Crippen LogP contribution in [0.1, 0.15) is 31.0 Å². The second kappa shape index (κ2) is 4.19. The molecule has 0 radical (unpaired) electrons. The topological polar surface area (TPSA) is 38.9 Å². The molecule has 0 bridgehead atoms. The van der Waals surface area contributed by atoms with Gasteiger partial charge in [-0.2, -0.15) is 0 Å². The SMILES string of the molecule is C1=CCC(c2ncc3oc4ccccc4c3n2)CC1. The van der Waals surface area contributed by atoms with Crippen LogP contribution in [0.5, 0.6) is 0 Å². The van der Waals surface area contributed by atoms with Crippen molar-refractivity contribution in [3.8, 4) is 0 Å². The molecule has 0 N–H and O–H groups in total. The smallest absolute Gasteiger partial charge is 0.172 e. The van der Waals surface area contributed by atoms with Crippen molar-refractivity contribution in [1.82, 2.24) is 9.97 Å². The minimum Gasteiger partial charge on any atom is -0.453 e. The highest BCUT2D eigenvalue weighted by molar-refractivity contribution is 6.01. The summed E-state index contributed by atoms with van der Waals surface area (Å²) in [5.74, 6) is 1.39. The van der Waals surface area contributed by atoms with Gasteiger partial charge in [0.2, 0.25) is 0 Å². The van der Waals surface area contributed by atoms with Crippen molar-refractivity contribution in [1.29, 1.82) is 0 Å².